The van der Waals surface area contributed by atoms with E-state index >= 15 is 0 Å². The highest BCUT2D eigenvalue weighted by Gasteiger charge is 1.80. The van der Waals surface area contributed by atoms with E-state index in [9.17, 15) is 0 Å². The summed E-state index contributed by atoms with van der Waals surface area (Å²) in [6.45, 7) is 10.5. The Bertz CT molecular complexity index is 39.8. The summed E-state index contributed by atoms with van der Waals surface area (Å²) in [7, 11) is 0. The maximum absolute atomic E-state index is 5.11. The van der Waals surface area contributed by atoms with Crippen LogP contribution in [0.1, 0.15) is 41.0 Å². The van der Waals surface area contributed by atoms with Crippen molar-refractivity contribution in [2.75, 3.05) is 0 Å². The van der Waals surface area contributed by atoms with Crippen LogP contribution in [0.5, 0.6) is 0 Å². The van der Waals surface area contributed by atoms with Crippen molar-refractivity contribution in [3.63, 3.8) is 0 Å². The summed E-state index contributed by atoms with van der Waals surface area (Å²) in [6, 6.07) is 0.333. The van der Waals surface area contributed by atoms with Crippen molar-refractivity contribution < 1.29 is 0 Å². The topological polar surface area (TPSA) is 61.0 Å². The van der Waals surface area contributed by atoms with Gasteiger partial charge in [0.2, 0.25) is 0 Å². The zero-order valence-electron chi connectivity index (χ0n) is 8.15. The van der Waals surface area contributed by atoms with E-state index in [0.29, 0.717) is 6.04 Å². The third-order valence-corrected chi connectivity index (χ3v) is 0.816. The van der Waals surface area contributed by atoms with Crippen molar-refractivity contribution in [1.82, 2.24) is 6.15 Å². The second-order valence-corrected chi connectivity index (χ2v) is 3.05. The highest BCUT2D eigenvalue weighted by molar-refractivity contribution is 4.33. The SMILES string of the molecule is CC(C)N.CCC(C)C.N. The lowest BCUT2D eigenvalue weighted by atomic mass is 10.2. The van der Waals surface area contributed by atoms with Gasteiger partial charge in [-0.1, -0.05) is 41.0 Å². The lowest BCUT2D eigenvalue weighted by Crippen LogP contribution is -2.06. The van der Waals surface area contributed by atoms with Crippen LogP contribution in [0.3, 0.4) is 0 Å². The van der Waals surface area contributed by atoms with Gasteiger partial charge in [-0.25, -0.2) is 0 Å². The molecule has 0 saturated carbocycles. The van der Waals surface area contributed by atoms with E-state index in [0.717, 1.165) is 5.92 Å². The molecule has 0 saturated heterocycles. The normalized spacial score (nSPS) is 8.40. The fraction of sp³-hybridized carbons (Fsp3) is 1.00. The summed E-state index contributed by atoms with van der Waals surface area (Å²) in [4.78, 5) is 0. The van der Waals surface area contributed by atoms with Crippen molar-refractivity contribution in [3.05, 3.63) is 0 Å². The Morgan fingerprint density at radius 3 is 1.20 bits per heavy atom. The van der Waals surface area contributed by atoms with Crippen molar-refractivity contribution in [3.8, 4) is 0 Å². The van der Waals surface area contributed by atoms with E-state index in [2.05, 4.69) is 20.8 Å². The molecule has 0 aliphatic carbocycles. The molecule has 0 unspecified atom stereocenters. The Labute approximate surface area is 65.8 Å². The first-order valence-corrected chi connectivity index (χ1v) is 3.76. The van der Waals surface area contributed by atoms with E-state index in [1.807, 2.05) is 13.8 Å². The average Bonchev–Trinajstić information content (AvgIpc) is 1.65. The summed E-state index contributed by atoms with van der Waals surface area (Å²) in [6.07, 6.45) is 1.31. The maximum Gasteiger partial charge on any atom is -0.00179 e. The van der Waals surface area contributed by atoms with Gasteiger partial charge in [0, 0.05) is 0 Å². The first kappa shape index (κ1) is 16.5. The Balaban J connectivity index is -0.0000000910. The van der Waals surface area contributed by atoms with Gasteiger partial charge in [0.05, 0.1) is 0 Å². The smallest absolute Gasteiger partial charge is 0.00179 e. The van der Waals surface area contributed by atoms with Crippen LogP contribution in [0.25, 0.3) is 0 Å². The second kappa shape index (κ2) is 11.7. The number of nitrogens with two attached hydrogens (primary N) is 1. The highest BCUT2D eigenvalue weighted by Crippen LogP contribution is 1.93. The Kier molecular flexibility index (Phi) is 19.3. The van der Waals surface area contributed by atoms with Crippen LogP contribution in [0.15, 0.2) is 0 Å². The molecule has 5 N–H and O–H groups in total. The fourth-order valence-electron chi connectivity index (χ4n) is 0. The molecule has 66 valence electrons. The van der Waals surface area contributed by atoms with Crippen LogP contribution in [0.4, 0.5) is 0 Å². The quantitative estimate of drug-likeness (QED) is 0.600. The maximum atomic E-state index is 5.11. The van der Waals surface area contributed by atoms with Gasteiger partial charge in [-0.3, -0.25) is 0 Å². The van der Waals surface area contributed by atoms with Crippen LogP contribution in [0.2, 0.25) is 0 Å². The molecule has 0 aliphatic heterocycles. The molecular weight excluding hydrogens is 124 g/mol. The molecule has 2 nitrogen and oxygen atoms in total. The van der Waals surface area contributed by atoms with Crippen molar-refractivity contribution in [2.45, 2.75) is 47.1 Å². The van der Waals surface area contributed by atoms with Gasteiger partial charge in [-0.2, -0.15) is 0 Å². The van der Waals surface area contributed by atoms with Crippen LogP contribution in [-0.2, 0) is 0 Å². The summed E-state index contributed by atoms with van der Waals surface area (Å²) in [5, 5.41) is 0. The summed E-state index contributed by atoms with van der Waals surface area (Å²) in [5.41, 5.74) is 5.11. The molecule has 0 heterocycles. The van der Waals surface area contributed by atoms with E-state index in [1.54, 1.807) is 0 Å². The summed E-state index contributed by atoms with van der Waals surface area (Å²) >= 11 is 0. The van der Waals surface area contributed by atoms with Crippen molar-refractivity contribution in [2.24, 2.45) is 11.7 Å². The Morgan fingerprint density at radius 2 is 1.20 bits per heavy atom. The van der Waals surface area contributed by atoms with Gasteiger partial charge in [-0.15, -0.1) is 0 Å². The second-order valence-electron chi connectivity index (χ2n) is 3.05. The minimum atomic E-state index is 0. The number of hydrogen-bond acceptors (Lipinski definition) is 2. The van der Waals surface area contributed by atoms with Gasteiger partial charge < -0.3 is 11.9 Å². The first-order chi connectivity index (χ1) is 4.00. The highest BCUT2D eigenvalue weighted by atomic mass is 14.6. The van der Waals surface area contributed by atoms with Crippen molar-refractivity contribution in [1.29, 1.82) is 0 Å². The molecule has 0 aliphatic rings. The third kappa shape index (κ3) is 103. The minimum absolute atomic E-state index is 0. The van der Waals surface area contributed by atoms with Gasteiger partial charge in [0.15, 0.2) is 0 Å². The molecule has 0 bridgehead atoms. The molecule has 0 aromatic rings. The first-order valence-electron chi connectivity index (χ1n) is 3.76. The molecule has 0 atom stereocenters. The van der Waals surface area contributed by atoms with Gasteiger partial charge in [0.1, 0.15) is 0 Å². The fourth-order valence-corrected chi connectivity index (χ4v) is 0. The van der Waals surface area contributed by atoms with Crippen LogP contribution in [0, 0.1) is 5.92 Å². The zero-order valence-corrected chi connectivity index (χ0v) is 8.15. The van der Waals surface area contributed by atoms with E-state index in [1.165, 1.54) is 6.42 Å². The van der Waals surface area contributed by atoms with Crippen LogP contribution >= 0.6 is 0 Å². The van der Waals surface area contributed by atoms with E-state index < -0.39 is 0 Å². The third-order valence-electron chi connectivity index (χ3n) is 0.816. The molecule has 0 aromatic carbocycles. The van der Waals surface area contributed by atoms with E-state index in [-0.39, 0.29) is 6.15 Å². The molecule has 10 heavy (non-hydrogen) atoms. The number of rotatable bonds is 1. The molecular formula is C8H24N2. The van der Waals surface area contributed by atoms with Crippen LogP contribution in [-0.4, -0.2) is 6.04 Å². The zero-order chi connectivity index (χ0) is 7.86. The summed E-state index contributed by atoms with van der Waals surface area (Å²) in [5.74, 6) is 0.884. The average molecular weight is 148 g/mol. The summed E-state index contributed by atoms with van der Waals surface area (Å²) < 4.78 is 0. The standard InChI is InChI=1S/C5H12.C3H9N.H3N/c1-4-5(2)3;1-3(2)4;/h5H,4H2,1-3H3;3H,4H2,1-2H3;1H3. The Hall–Kier alpha value is -0.0800. The molecule has 2 heteroatoms. The lowest BCUT2D eigenvalue weighted by molar-refractivity contribution is 0.626. The Morgan fingerprint density at radius 1 is 1.10 bits per heavy atom. The molecule has 0 fully saturated rings. The van der Waals surface area contributed by atoms with Gasteiger partial charge in [0.25, 0.3) is 0 Å². The monoisotopic (exact) mass is 148 g/mol. The molecule has 0 rings (SSSR count). The molecule has 0 amide bonds. The predicted molar refractivity (Wildman–Crippen MR) is 49.5 cm³/mol. The molecule has 0 radical (unpaired) electrons. The van der Waals surface area contributed by atoms with Gasteiger partial charge >= 0.3 is 0 Å². The lowest BCUT2D eigenvalue weighted by Gasteiger charge is -1.90. The molecule has 0 aromatic heterocycles. The van der Waals surface area contributed by atoms with Crippen molar-refractivity contribution >= 4 is 0 Å². The minimum Gasteiger partial charge on any atom is -0.344 e. The van der Waals surface area contributed by atoms with E-state index in [4.69, 9.17) is 5.73 Å². The van der Waals surface area contributed by atoms with Crippen LogP contribution < -0.4 is 11.9 Å². The predicted octanol–water partition coefficient (Wildman–Crippen LogP) is 2.57. The number of hydrogen-bond donors (Lipinski definition) is 2. The van der Waals surface area contributed by atoms with Gasteiger partial charge in [-0.05, 0) is 12.0 Å². The molecule has 0 spiro atoms. The largest absolute Gasteiger partial charge is 0.344 e.